The standard InChI is InChI=1S/C12H13ClO3/c1-3-15-12(14)16-9(2)8-10-4-6-11(13)7-5-10/h4-8H,3H2,1-2H3/b9-8+. The van der Waals surface area contributed by atoms with Gasteiger partial charge in [-0.25, -0.2) is 4.79 Å². The third-order valence-electron chi connectivity index (χ3n) is 1.75. The van der Waals surface area contributed by atoms with Crippen molar-refractivity contribution in [1.82, 2.24) is 0 Å². The van der Waals surface area contributed by atoms with Crippen molar-refractivity contribution < 1.29 is 14.3 Å². The molecule has 0 aliphatic carbocycles. The first kappa shape index (κ1) is 12.6. The molecule has 1 aromatic rings. The Morgan fingerprint density at radius 3 is 2.56 bits per heavy atom. The zero-order valence-corrected chi connectivity index (χ0v) is 9.95. The molecular formula is C12H13ClO3. The summed E-state index contributed by atoms with van der Waals surface area (Å²) in [6.07, 6.45) is 1.04. The average Bonchev–Trinajstić information content (AvgIpc) is 2.21. The van der Waals surface area contributed by atoms with Crippen LogP contribution in [0.25, 0.3) is 6.08 Å². The van der Waals surface area contributed by atoms with Crippen LogP contribution < -0.4 is 0 Å². The Morgan fingerprint density at radius 2 is 2.00 bits per heavy atom. The summed E-state index contributed by atoms with van der Waals surface area (Å²) in [6.45, 7) is 3.71. The summed E-state index contributed by atoms with van der Waals surface area (Å²) in [5.41, 5.74) is 0.909. The summed E-state index contributed by atoms with van der Waals surface area (Å²) in [7, 11) is 0. The Labute approximate surface area is 99.6 Å². The van der Waals surface area contributed by atoms with E-state index in [9.17, 15) is 4.79 Å². The van der Waals surface area contributed by atoms with E-state index in [1.54, 1.807) is 32.1 Å². The number of hydrogen-bond acceptors (Lipinski definition) is 3. The second-order valence-electron chi connectivity index (χ2n) is 3.09. The van der Waals surface area contributed by atoms with Gasteiger partial charge in [-0.2, -0.15) is 0 Å². The van der Waals surface area contributed by atoms with Gasteiger partial charge in [0.05, 0.1) is 6.61 Å². The molecule has 0 saturated heterocycles. The van der Waals surface area contributed by atoms with Crippen molar-refractivity contribution in [3.8, 4) is 0 Å². The lowest BCUT2D eigenvalue weighted by Crippen LogP contribution is -2.05. The Hall–Kier alpha value is -1.48. The highest BCUT2D eigenvalue weighted by Gasteiger charge is 2.03. The van der Waals surface area contributed by atoms with Crippen LogP contribution in [0.3, 0.4) is 0 Å². The molecule has 0 fully saturated rings. The van der Waals surface area contributed by atoms with Crippen LogP contribution in [0.5, 0.6) is 0 Å². The minimum absolute atomic E-state index is 0.299. The Balaban J connectivity index is 2.62. The molecule has 0 aliphatic heterocycles. The van der Waals surface area contributed by atoms with E-state index in [1.807, 2.05) is 12.1 Å². The molecule has 0 aliphatic rings. The van der Waals surface area contributed by atoms with Gasteiger partial charge < -0.3 is 9.47 Å². The molecule has 1 aromatic carbocycles. The lowest BCUT2D eigenvalue weighted by molar-refractivity contribution is 0.0826. The van der Waals surface area contributed by atoms with E-state index in [2.05, 4.69) is 4.74 Å². The summed E-state index contributed by atoms with van der Waals surface area (Å²) in [6, 6.07) is 7.21. The number of halogens is 1. The fourth-order valence-electron chi connectivity index (χ4n) is 1.10. The summed E-state index contributed by atoms with van der Waals surface area (Å²) < 4.78 is 9.54. The molecule has 86 valence electrons. The fourth-order valence-corrected chi connectivity index (χ4v) is 1.23. The molecule has 0 bridgehead atoms. The van der Waals surface area contributed by atoms with E-state index in [0.717, 1.165) is 5.56 Å². The van der Waals surface area contributed by atoms with Gasteiger partial charge in [-0.05, 0) is 37.6 Å². The second-order valence-corrected chi connectivity index (χ2v) is 3.53. The maximum absolute atomic E-state index is 11.0. The molecule has 0 spiro atoms. The first-order chi connectivity index (χ1) is 7.61. The summed E-state index contributed by atoms with van der Waals surface area (Å²) in [5.74, 6) is 0.473. The number of carbonyl (C=O) groups is 1. The maximum Gasteiger partial charge on any atom is 0.513 e. The Bertz CT molecular complexity index is 382. The summed E-state index contributed by atoms with van der Waals surface area (Å²) in [5, 5.41) is 0.668. The predicted octanol–water partition coefficient (Wildman–Crippen LogP) is 3.87. The van der Waals surface area contributed by atoms with E-state index in [4.69, 9.17) is 16.3 Å². The highest BCUT2D eigenvalue weighted by Crippen LogP contribution is 2.13. The smallest absolute Gasteiger partial charge is 0.434 e. The number of hydrogen-bond donors (Lipinski definition) is 0. The van der Waals surface area contributed by atoms with Crippen LogP contribution in [0.4, 0.5) is 4.79 Å². The van der Waals surface area contributed by atoms with E-state index in [0.29, 0.717) is 17.4 Å². The third-order valence-corrected chi connectivity index (χ3v) is 2.00. The zero-order valence-electron chi connectivity index (χ0n) is 9.20. The van der Waals surface area contributed by atoms with Gasteiger partial charge in [-0.3, -0.25) is 0 Å². The molecule has 3 nitrogen and oxygen atoms in total. The van der Waals surface area contributed by atoms with E-state index < -0.39 is 6.16 Å². The SMILES string of the molecule is CCOC(=O)O/C(C)=C/c1ccc(Cl)cc1. The predicted molar refractivity (Wildman–Crippen MR) is 63.2 cm³/mol. The minimum atomic E-state index is -0.690. The van der Waals surface area contributed by atoms with Gasteiger partial charge in [0.15, 0.2) is 0 Å². The molecule has 0 radical (unpaired) electrons. The first-order valence-electron chi connectivity index (χ1n) is 4.90. The second kappa shape index (κ2) is 6.18. The molecule has 16 heavy (non-hydrogen) atoms. The van der Waals surface area contributed by atoms with Crippen molar-refractivity contribution >= 4 is 23.8 Å². The Morgan fingerprint density at radius 1 is 1.38 bits per heavy atom. The topological polar surface area (TPSA) is 35.5 Å². The number of rotatable bonds is 3. The third kappa shape index (κ3) is 4.36. The van der Waals surface area contributed by atoms with E-state index in [1.165, 1.54) is 0 Å². The van der Waals surface area contributed by atoms with Crippen molar-refractivity contribution in [3.63, 3.8) is 0 Å². The highest BCUT2D eigenvalue weighted by molar-refractivity contribution is 6.30. The molecule has 0 unspecified atom stereocenters. The van der Waals surface area contributed by atoms with Crippen molar-refractivity contribution in [3.05, 3.63) is 40.6 Å². The molecule has 0 atom stereocenters. The quantitative estimate of drug-likeness (QED) is 0.594. The van der Waals surface area contributed by atoms with Gasteiger partial charge in [0.2, 0.25) is 0 Å². The van der Waals surface area contributed by atoms with Crippen LogP contribution in [-0.4, -0.2) is 12.8 Å². The summed E-state index contributed by atoms with van der Waals surface area (Å²) in [4.78, 5) is 11.0. The van der Waals surface area contributed by atoms with Crippen LogP contribution in [0.15, 0.2) is 30.0 Å². The monoisotopic (exact) mass is 240 g/mol. The van der Waals surface area contributed by atoms with Gasteiger partial charge in [0, 0.05) is 5.02 Å². The van der Waals surface area contributed by atoms with Gasteiger partial charge in [0.25, 0.3) is 0 Å². The molecule has 0 heterocycles. The first-order valence-corrected chi connectivity index (χ1v) is 5.28. The van der Waals surface area contributed by atoms with Crippen LogP contribution >= 0.6 is 11.6 Å². The largest absolute Gasteiger partial charge is 0.513 e. The van der Waals surface area contributed by atoms with Gasteiger partial charge in [-0.1, -0.05) is 23.7 Å². The number of allylic oxidation sites excluding steroid dienone is 1. The molecule has 0 saturated carbocycles. The minimum Gasteiger partial charge on any atom is -0.434 e. The molecule has 1 rings (SSSR count). The van der Waals surface area contributed by atoms with Crippen LogP contribution in [0.1, 0.15) is 19.4 Å². The molecule has 0 N–H and O–H groups in total. The molecule has 0 amide bonds. The van der Waals surface area contributed by atoms with E-state index in [-0.39, 0.29) is 0 Å². The average molecular weight is 241 g/mol. The van der Waals surface area contributed by atoms with Crippen LogP contribution in [0, 0.1) is 0 Å². The molecular weight excluding hydrogens is 228 g/mol. The number of benzene rings is 1. The molecule has 0 aromatic heterocycles. The van der Waals surface area contributed by atoms with Gasteiger partial charge >= 0.3 is 6.16 Å². The van der Waals surface area contributed by atoms with E-state index >= 15 is 0 Å². The maximum atomic E-state index is 11.0. The lowest BCUT2D eigenvalue weighted by atomic mass is 10.2. The Kier molecular flexibility index (Phi) is 4.86. The van der Waals surface area contributed by atoms with Gasteiger partial charge in [0.1, 0.15) is 5.76 Å². The zero-order chi connectivity index (χ0) is 12.0. The van der Waals surface area contributed by atoms with Crippen molar-refractivity contribution in [2.75, 3.05) is 6.61 Å². The van der Waals surface area contributed by atoms with Crippen molar-refractivity contribution in [2.45, 2.75) is 13.8 Å². The normalized spacial score (nSPS) is 11.1. The van der Waals surface area contributed by atoms with Crippen LogP contribution in [-0.2, 0) is 9.47 Å². The van der Waals surface area contributed by atoms with Crippen molar-refractivity contribution in [2.24, 2.45) is 0 Å². The van der Waals surface area contributed by atoms with Crippen LogP contribution in [0.2, 0.25) is 5.02 Å². The van der Waals surface area contributed by atoms with Crippen molar-refractivity contribution in [1.29, 1.82) is 0 Å². The molecule has 4 heteroatoms. The highest BCUT2D eigenvalue weighted by atomic mass is 35.5. The van der Waals surface area contributed by atoms with Gasteiger partial charge in [-0.15, -0.1) is 0 Å². The fraction of sp³-hybridized carbons (Fsp3) is 0.250. The summed E-state index contributed by atoms with van der Waals surface area (Å²) >= 11 is 5.75. The number of ether oxygens (including phenoxy) is 2. The lowest BCUT2D eigenvalue weighted by Gasteiger charge is -2.03. The number of carbonyl (C=O) groups excluding carboxylic acids is 1.